The van der Waals surface area contributed by atoms with E-state index in [9.17, 15) is 9.18 Å². The van der Waals surface area contributed by atoms with Gasteiger partial charge in [0.15, 0.2) is 11.6 Å². The van der Waals surface area contributed by atoms with Crippen LogP contribution in [0.15, 0.2) is 48.5 Å². The molecule has 0 saturated carbocycles. The van der Waals surface area contributed by atoms with Gasteiger partial charge >= 0.3 is 0 Å². The minimum atomic E-state index is -0.826. The normalized spacial score (nSPS) is 15.2. The third-order valence-electron chi connectivity index (χ3n) is 5.45. The molecular formula is C23H18ClF2NO2. The van der Waals surface area contributed by atoms with Gasteiger partial charge in [0.05, 0.1) is 17.7 Å². The molecule has 3 aromatic rings. The average Bonchev–Trinajstić information content (AvgIpc) is 3.13. The lowest BCUT2D eigenvalue weighted by Gasteiger charge is -2.17. The Morgan fingerprint density at radius 2 is 1.83 bits per heavy atom. The van der Waals surface area contributed by atoms with E-state index < -0.39 is 17.5 Å². The number of carbonyl (C=O) groups excluding carboxylic acids is 1. The Labute approximate surface area is 172 Å². The summed E-state index contributed by atoms with van der Waals surface area (Å²) in [6.07, 6.45) is 1.14. The van der Waals surface area contributed by atoms with E-state index in [4.69, 9.17) is 22.1 Å². The number of halogens is 3. The molecule has 0 spiro atoms. The van der Waals surface area contributed by atoms with Crippen molar-refractivity contribution in [1.29, 1.82) is 0 Å². The van der Waals surface area contributed by atoms with Crippen LogP contribution in [0.25, 0.3) is 11.1 Å². The van der Waals surface area contributed by atoms with Crippen molar-refractivity contribution in [2.24, 2.45) is 5.73 Å². The van der Waals surface area contributed by atoms with Crippen molar-refractivity contribution in [2.75, 3.05) is 7.11 Å². The van der Waals surface area contributed by atoms with Gasteiger partial charge in [-0.1, -0.05) is 41.9 Å². The lowest BCUT2D eigenvalue weighted by molar-refractivity contribution is 0.100. The molecule has 29 heavy (non-hydrogen) atoms. The van der Waals surface area contributed by atoms with Crippen LogP contribution in [0.2, 0.25) is 5.02 Å². The second kappa shape index (κ2) is 7.48. The smallest absolute Gasteiger partial charge is 0.249 e. The van der Waals surface area contributed by atoms with Crippen molar-refractivity contribution >= 4 is 17.5 Å². The first-order valence-corrected chi connectivity index (χ1v) is 9.51. The number of fused-ring (bicyclic) bond motifs is 1. The van der Waals surface area contributed by atoms with Gasteiger partial charge in [-0.05, 0) is 53.6 Å². The predicted octanol–water partition coefficient (Wildman–Crippen LogP) is 5.28. The van der Waals surface area contributed by atoms with Crippen LogP contribution in [0.5, 0.6) is 5.75 Å². The largest absolute Gasteiger partial charge is 0.494 e. The molecule has 1 aliphatic rings. The fourth-order valence-corrected chi connectivity index (χ4v) is 4.36. The number of hydrogen-bond donors (Lipinski definition) is 1. The molecule has 0 fully saturated rings. The highest BCUT2D eigenvalue weighted by Gasteiger charge is 2.32. The van der Waals surface area contributed by atoms with Crippen LogP contribution in [0.1, 0.15) is 33.0 Å². The summed E-state index contributed by atoms with van der Waals surface area (Å²) in [5, 5.41) is -0.230. The highest BCUT2D eigenvalue weighted by atomic mass is 35.5. The zero-order valence-corrected chi connectivity index (χ0v) is 16.4. The van der Waals surface area contributed by atoms with Gasteiger partial charge in [0.2, 0.25) is 5.91 Å². The van der Waals surface area contributed by atoms with Gasteiger partial charge in [-0.15, -0.1) is 0 Å². The molecule has 0 saturated heterocycles. The molecule has 1 aliphatic carbocycles. The molecule has 0 aromatic heterocycles. The number of carbonyl (C=O) groups is 1. The lowest BCUT2D eigenvalue weighted by atomic mass is 9.91. The Bertz CT molecular complexity index is 1120. The lowest BCUT2D eigenvalue weighted by Crippen LogP contribution is -2.14. The minimum absolute atomic E-state index is 0.0684. The minimum Gasteiger partial charge on any atom is -0.494 e. The highest BCUT2D eigenvalue weighted by molar-refractivity contribution is 6.34. The van der Waals surface area contributed by atoms with Gasteiger partial charge in [0.25, 0.3) is 0 Å². The van der Waals surface area contributed by atoms with Crippen molar-refractivity contribution in [3.8, 4) is 16.9 Å². The number of ether oxygens (including phenoxy) is 1. The number of primary amides is 1. The number of rotatable bonds is 4. The Morgan fingerprint density at radius 1 is 1.10 bits per heavy atom. The van der Waals surface area contributed by atoms with Crippen molar-refractivity contribution in [3.63, 3.8) is 0 Å². The van der Waals surface area contributed by atoms with Crippen LogP contribution in [0, 0.1) is 11.6 Å². The zero-order valence-electron chi connectivity index (χ0n) is 15.6. The van der Waals surface area contributed by atoms with Crippen LogP contribution in [-0.2, 0) is 12.8 Å². The molecule has 148 valence electrons. The predicted molar refractivity (Wildman–Crippen MR) is 108 cm³/mol. The quantitative estimate of drug-likeness (QED) is 0.633. The van der Waals surface area contributed by atoms with Gasteiger partial charge in [-0.3, -0.25) is 4.79 Å². The van der Waals surface area contributed by atoms with E-state index in [0.29, 0.717) is 12.8 Å². The maximum absolute atomic E-state index is 15.3. The van der Waals surface area contributed by atoms with Crippen molar-refractivity contribution in [3.05, 3.63) is 87.4 Å². The summed E-state index contributed by atoms with van der Waals surface area (Å²) in [5.74, 6) is -2.24. The summed E-state index contributed by atoms with van der Waals surface area (Å²) in [6, 6.07) is 13.9. The molecule has 1 amide bonds. The molecule has 4 rings (SSSR count). The molecular weight excluding hydrogens is 396 g/mol. The molecule has 1 unspecified atom stereocenters. The molecule has 3 aromatic carbocycles. The topological polar surface area (TPSA) is 52.3 Å². The Hall–Kier alpha value is -2.92. The monoisotopic (exact) mass is 413 g/mol. The molecule has 6 heteroatoms. The molecule has 3 nitrogen and oxygen atoms in total. The van der Waals surface area contributed by atoms with E-state index in [2.05, 4.69) is 0 Å². The first-order valence-electron chi connectivity index (χ1n) is 9.13. The maximum Gasteiger partial charge on any atom is 0.249 e. The van der Waals surface area contributed by atoms with Crippen LogP contribution in [0.3, 0.4) is 0 Å². The fourth-order valence-electron chi connectivity index (χ4n) is 4.10. The summed E-state index contributed by atoms with van der Waals surface area (Å²) in [4.78, 5) is 12.0. The van der Waals surface area contributed by atoms with Crippen molar-refractivity contribution in [2.45, 2.75) is 18.8 Å². The highest BCUT2D eigenvalue weighted by Crippen LogP contribution is 2.46. The third-order valence-corrected chi connectivity index (χ3v) is 5.82. The van der Waals surface area contributed by atoms with E-state index in [1.807, 2.05) is 30.3 Å². The van der Waals surface area contributed by atoms with Crippen molar-refractivity contribution in [1.82, 2.24) is 0 Å². The Kier molecular flexibility index (Phi) is 5.01. The third kappa shape index (κ3) is 3.25. The molecule has 0 heterocycles. The number of hydrogen-bond acceptors (Lipinski definition) is 2. The number of nitrogens with two attached hydrogens (primary N) is 1. The standard InChI is InChI=1S/C23H18ClF2NO2/c1-29-18-8-7-15(23(27)28)20(22(18)26)19-16-10-13(12-5-3-2-4-6-12)9-14(16)11-17(25)21(19)24/h2-8,11,13H,9-10H2,1H3,(H2,27,28). The molecule has 0 radical (unpaired) electrons. The first-order chi connectivity index (χ1) is 13.9. The summed E-state index contributed by atoms with van der Waals surface area (Å²) in [7, 11) is 1.31. The summed E-state index contributed by atoms with van der Waals surface area (Å²) in [6.45, 7) is 0. The van der Waals surface area contributed by atoms with Gasteiger partial charge in [-0.2, -0.15) is 0 Å². The van der Waals surface area contributed by atoms with Gasteiger partial charge < -0.3 is 10.5 Å². The van der Waals surface area contributed by atoms with E-state index >= 15 is 4.39 Å². The Balaban J connectivity index is 1.96. The van der Waals surface area contributed by atoms with E-state index in [1.165, 1.54) is 25.3 Å². The Morgan fingerprint density at radius 3 is 2.48 bits per heavy atom. The van der Waals surface area contributed by atoms with Gasteiger partial charge in [0.1, 0.15) is 5.82 Å². The number of amides is 1. The van der Waals surface area contributed by atoms with Crippen LogP contribution in [-0.4, -0.2) is 13.0 Å². The molecule has 2 N–H and O–H groups in total. The average molecular weight is 414 g/mol. The van der Waals surface area contributed by atoms with Gasteiger partial charge in [0, 0.05) is 11.1 Å². The van der Waals surface area contributed by atoms with E-state index in [1.54, 1.807) is 0 Å². The number of methoxy groups -OCH3 is 1. The SMILES string of the molecule is COc1ccc(C(N)=O)c(-c2c(Cl)c(F)cc3c2CC(c2ccccc2)C3)c1F. The van der Waals surface area contributed by atoms with Crippen LogP contribution >= 0.6 is 11.6 Å². The van der Waals surface area contributed by atoms with Crippen LogP contribution in [0.4, 0.5) is 8.78 Å². The maximum atomic E-state index is 15.3. The zero-order chi connectivity index (χ0) is 20.7. The molecule has 1 atom stereocenters. The molecule has 0 aliphatic heterocycles. The van der Waals surface area contributed by atoms with Crippen LogP contribution < -0.4 is 10.5 Å². The summed E-state index contributed by atoms with van der Waals surface area (Å²) < 4.78 is 35.0. The van der Waals surface area contributed by atoms with E-state index in [-0.39, 0.29) is 33.4 Å². The summed E-state index contributed by atoms with van der Waals surface area (Å²) >= 11 is 6.31. The molecule has 0 bridgehead atoms. The second-order valence-electron chi connectivity index (χ2n) is 7.07. The first kappa shape index (κ1) is 19.4. The van der Waals surface area contributed by atoms with Gasteiger partial charge in [-0.25, -0.2) is 8.78 Å². The second-order valence-corrected chi connectivity index (χ2v) is 7.45. The summed E-state index contributed by atoms with van der Waals surface area (Å²) in [5.41, 5.74) is 8.03. The fraction of sp³-hybridized carbons (Fsp3) is 0.174. The van der Waals surface area contributed by atoms with E-state index in [0.717, 1.165) is 16.7 Å². The van der Waals surface area contributed by atoms with Crippen molar-refractivity contribution < 1.29 is 18.3 Å². The number of benzene rings is 3.